The summed E-state index contributed by atoms with van der Waals surface area (Å²) in [6.07, 6.45) is 2.83. The summed E-state index contributed by atoms with van der Waals surface area (Å²) < 4.78 is 4.69. The van der Waals surface area contributed by atoms with Gasteiger partial charge in [-0.2, -0.15) is 0 Å². The van der Waals surface area contributed by atoms with Crippen molar-refractivity contribution in [3.8, 4) is 0 Å². The van der Waals surface area contributed by atoms with Crippen LogP contribution in [0.3, 0.4) is 0 Å². The van der Waals surface area contributed by atoms with Crippen molar-refractivity contribution in [2.75, 3.05) is 7.05 Å². The second-order valence-corrected chi connectivity index (χ2v) is 1.72. The summed E-state index contributed by atoms with van der Waals surface area (Å²) >= 11 is 0. The summed E-state index contributed by atoms with van der Waals surface area (Å²) in [5.41, 5.74) is 5.42. The van der Waals surface area contributed by atoms with E-state index in [1.54, 1.807) is 13.1 Å². The quantitative estimate of drug-likeness (QED) is 0.574. The number of amides is 1. The van der Waals surface area contributed by atoms with Crippen LogP contribution in [0.1, 0.15) is 10.4 Å². The number of nitrogens with one attached hydrogen (secondary N) is 2. The summed E-state index contributed by atoms with van der Waals surface area (Å²) in [5, 5.41) is 0. The van der Waals surface area contributed by atoms with Gasteiger partial charge in [0.05, 0.1) is 11.8 Å². The van der Waals surface area contributed by atoms with E-state index in [1.807, 2.05) is 0 Å². The minimum atomic E-state index is -0.198. The van der Waals surface area contributed by atoms with E-state index >= 15 is 0 Å². The van der Waals surface area contributed by atoms with E-state index in [0.29, 0.717) is 5.56 Å². The van der Waals surface area contributed by atoms with Crippen molar-refractivity contribution in [2.24, 2.45) is 0 Å². The molecule has 0 spiro atoms. The highest BCUT2D eigenvalue weighted by Gasteiger charge is 2.02. The molecule has 0 fully saturated rings. The van der Waals surface area contributed by atoms with Gasteiger partial charge in [-0.05, 0) is 6.07 Å². The second kappa shape index (κ2) is 3.03. The molecule has 54 valence electrons. The van der Waals surface area contributed by atoms with Gasteiger partial charge >= 0.3 is 0 Å². The topological polar surface area (TPSA) is 54.3 Å². The van der Waals surface area contributed by atoms with Gasteiger partial charge in [-0.1, -0.05) is 0 Å². The zero-order valence-electron chi connectivity index (χ0n) is 5.55. The van der Waals surface area contributed by atoms with Gasteiger partial charge in [0.25, 0.3) is 5.91 Å². The van der Waals surface area contributed by atoms with Crippen LogP contribution in [-0.4, -0.2) is 13.0 Å². The maximum atomic E-state index is 10.9. The Morgan fingerprint density at radius 2 is 2.50 bits per heavy atom. The molecule has 0 aliphatic heterocycles. The molecule has 1 rings (SSSR count). The van der Waals surface area contributed by atoms with Crippen LogP contribution >= 0.6 is 0 Å². The molecular weight excluding hydrogens is 132 g/mol. The lowest BCUT2D eigenvalue weighted by Crippen LogP contribution is -2.33. The molecule has 4 nitrogen and oxygen atoms in total. The fourth-order valence-electron chi connectivity index (χ4n) is 0.579. The van der Waals surface area contributed by atoms with Crippen LogP contribution in [0.2, 0.25) is 0 Å². The first-order chi connectivity index (χ1) is 4.84. The zero-order valence-corrected chi connectivity index (χ0v) is 5.55. The number of carbonyl (C=O) groups is 1. The standard InChI is InChI=1S/C6H8N2O2/c1-7-8-6(9)5-2-3-10-4-5/h2-4,7H,1H3,(H,8,9). The summed E-state index contributed by atoms with van der Waals surface area (Å²) in [5.74, 6) is -0.198. The molecule has 0 saturated carbocycles. The van der Waals surface area contributed by atoms with Crippen LogP contribution < -0.4 is 10.9 Å². The Balaban J connectivity index is 2.59. The molecule has 1 amide bonds. The maximum absolute atomic E-state index is 10.9. The normalized spacial score (nSPS) is 9.30. The predicted molar refractivity (Wildman–Crippen MR) is 35.2 cm³/mol. The smallest absolute Gasteiger partial charge is 0.268 e. The average Bonchev–Trinajstić information content (AvgIpc) is 2.38. The number of furan rings is 1. The molecule has 4 heteroatoms. The van der Waals surface area contributed by atoms with Crippen LogP contribution in [0, 0.1) is 0 Å². The minimum Gasteiger partial charge on any atom is -0.472 e. The summed E-state index contributed by atoms with van der Waals surface area (Å²) in [4.78, 5) is 10.9. The average molecular weight is 140 g/mol. The molecule has 0 aromatic carbocycles. The first-order valence-electron chi connectivity index (χ1n) is 2.84. The fourth-order valence-corrected chi connectivity index (χ4v) is 0.579. The van der Waals surface area contributed by atoms with Crippen molar-refractivity contribution < 1.29 is 9.21 Å². The molecule has 0 radical (unpaired) electrons. The fraction of sp³-hybridized carbons (Fsp3) is 0.167. The van der Waals surface area contributed by atoms with Gasteiger partial charge < -0.3 is 4.42 Å². The SMILES string of the molecule is CNNC(=O)c1ccoc1. The molecule has 0 bridgehead atoms. The summed E-state index contributed by atoms with van der Waals surface area (Å²) in [7, 11) is 1.62. The lowest BCUT2D eigenvalue weighted by molar-refractivity contribution is 0.0937. The van der Waals surface area contributed by atoms with Crippen molar-refractivity contribution in [2.45, 2.75) is 0 Å². The van der Waals surface area contributed by atoms with Crippen LogP contribution in [-0.2, 0) is 0 Å². The van der Waals surface area contributed by atoms with Crippen LogP contribution in [0.25, 0.3) is 0 Å². The number of hydrogen-bond acceptors (Lipinski definition) is 3. The van der Waals surface area contributed by atoms with Gasteiger partial charge in [-0.3, -0.25) is 10.2 Å². The van der Waals surface area contributed by atoms with Gasteiger partial charge in [0.15, 0.2) is 0 Å². The van der Waals surface area contributed by atoms with Gasteiger partial charge in [-0.15, -0.1) is 0 Å². The van der Waals surface area contributed by atoms with Crippen molar-refractivity contribution >= 4 is 5.91 Å². The third-order valence-corrected chi connectivity index (χ3v) is 1.02. The van der Waals surface area contributed by atoms with E-state index in [0.717, 1.165) is 0 Å². The lowest BCUT2D eigenvalue weighted by atomic mass is 10.3. The van der Waals surface area contributed by atoms with Crippen molar-refractivity contribution in [1.29, 1.82) is 0 Å². The molecule has 2 N–H and O–H groups in total. The third kappa shape index (κ3) is 1.35. The predicted octanol–water partition coefficient (Wildman–Crippen LogP) is 0.144. The van der Waals surface area contributed by atoms with Gasteiger partial charge in [-0.25, -0.2) is 5.43 Å². The van der Waals surface area contributed by atoms with Crippen molar-refractivity contribution in [1.82, 2.24) is 10.9 Å². The number of carbonyl (C=O) groups excluding carboxylic acids is 1. The van der Waals surface area contributed by atoms with E-state index in [2.05, 4.69) is 10.9 Å². The largest absolute Gasteiger partial charge is 0.472 e. The molecule has 0 aliphatic rings. The summed E-state index contributed by atoms with van der Waals surface area (Å²) in [6.45, 7) is 0. The van der Waals surface area contributed by atoms with E-state index in [9.17, 15) is 4.79 Å². The van der Waals surface area contributed by atoms with E-state index in [-0.39, 0.29) is 5.91 Å². The van der Waals surface area contributed by atoms with Gasteiger partial charge in [0.2, 0.25) is 0 Å². The molecule has 0 atom stereocenters. The first-order valence-corrected chi connectivity index (χ1v) is 2.84. The van der Waals surface area contributed by atoms with E-state index < -0.39 is 0 Å². The monoisotopic (exact) mass is 140 g/mol. The third-order valence-electron chi connectivity index (χ3n) is 1.02. The lowest BCUT2D eigenvalue weighted by Gasteiger charge is -1.97. The van der Waals surface area contributed by atoms with Crippen LogP contribution in [0.5, 0.6) is 0 Å². The zero-order chi connectivity index (χ0) is 7.40. The molecule has 1 aromatic rings. The Hall–Kier alpha value is -1.29. The highest BCUT2D eigenvalue weighted by atomic mass is 16.3. The van der Waals surface area contributed by atoms with Crippen LogP contribution in [0.4, 0.5) is 0 Å². The van der Waals surface area contributed by atoms with Crippen molar-refractivity contribution in [3.05, 3.63) is 24.2 Å². The number of hydrogen-bond donors (Lipinski definition) is 2. The maximum Gasteiger partial charge on any atom is 0.268 e. The molecular formula is C6H8N2O2. The van der Waals surface area contributed by atoms with E-state index in [4.69, 9.17) is 4.42 Å². The Morgan fingerprint density at radius 3 is 3.00 bits per heavy atom. The van der Waals surface area contributed by atoms with Gasteiger partial charge in [0.1, 0.15) is 6.26 Å². The van der Waals surface area contributed by atoms with Gasteiger partial charge in [0, 0.05) is 7.05 Å². The minimum absolute atomic E-state index is 0.198. The highest BCUT2D eigenvalue weighted by molar-refractivity contribution is 5.93. The van der Waals surface area contributed by atoms with E-state index in [1.165, 1.54) is 12.5 Å². The first kappa shape index (κ1) is 6.82. The molecule has 0 aliphatic carbocycles. The Morgan fingerprint density at radius 1 is 1.70 bits per heavy atom. The second-order valence-electron chi connectivity index (χ2n) is 1.72. The number of rotatable bonds is 2. The summed E-state index contributed by atoms with van der Waals surface area (Å²) in [6, 6.07) is 1.59. The highest BCUT2D eigenvalue weighted by Crippen LogP contribution is 1.97. The number of hydrazine groups is 1. The molecule has 1 aromatic heterocycles. The molecule has 10 heavy (non-hydrogen) atoms. The van der Waals surface area contributed by atoms with Crippen molar-refractivity contribution in [3.63, 3.8) is 0 Å². The van der Waals surface area contributed by atoms with Crippen LogP contribution in [0.15, 0.2) is 23.0 Å². The molecule has 0 unspecified atom stereocenters. The Kier molecular flexibility index (Phi) is 2.07. The molecule has 0 saturated heterocycles. The molecule has 1 heterocycles. The Bertz CT molecular complexity index is 206. The Labute approximate surface area is 58.2 Å².